The minimum absolute atomic E-state index is 0.807. The van der Waals surface area contributed by atoms with Crippen LogP contribution in [0.25, 0.3) is 5.57 Å². The van der Waals surface area contributed by atoms with Crippen LogP contribution < -0.4 is 0 Å². The first-order chi connectivity index (χ1) is 6.02. The second kappa shape index (κ2) is 3.97. The van der Waals surface area contributed by atoms with Crippen LogP contribution in [0.5, 0.6) is 0 Å². The van der Waals surface area contributed by atoms with Crippen molar-refractivity contribution in [3.8, 4) is 0 Å². The lowest BCUT2D eigenvalue weighted by Crippen LogP contribution is -1.87. The molecule has 0 bridgehead atoms. The van der Waals surface area contributed by atoms with E-state index < -0.39 is 0 Å². The summed E-state index contributed by atoms with van der Waals surface area (Å²) in [6.07, 6.45) is 0. The highest BCUT2D eigenvalue weighted by Crippen LogP contribution is 2.24. The lowest BCUT2D eigenvalue weighted by Gasteiger charge is -2.08. The van der Waals surface area contributed by atoms with Gasteiger partial charge in [-0.15, -0.1) is 0 Å². The van der Waals surface area contributed by atoms with E-state index in [-0.39, 0.29) is 0 Å². The largest absolute Gasteiger partial charge is 0.0843 e. The lowest BCUT2D eigenvalue weighted by atomic mass is 9.99. The molecular formula is C12H15Cl. The summed E-state index contributed by atoms with van der Waals surface area (Å²) in [6.45, 7) is 8.48. The van der Waals surface area contributed by atoms with Crippen molar-refractivity contribution in [3.05, 3.63) is 39.9 Å². The van der Waals surface area contributed by atoms with Crippen molar-refractivity contribution in [2.75, 3.05) is 0 Å². The maximum absolute atomic E-state index is 5.94. The highest BCUT2D eigenvalue weighted by molar-refractivity contribution is 6.30. The third-order valence-corrected chi connectivity index (χ3v) is 2.59. The van der Waals surface area contributed by atoms with Crippen molar-refractivity contribution in [1.29, 1.82) is 0 Å². The topological polar surface area (TPSA) is 0 Å². The predicted molar refractivity (Wildman–Crippen MR) is 60.1 cm³/mol. The molecule has 0 aromatic heterocycles. The summed E-state index contributed by atoms with van der Waals surface area (Å²) in [7, 11) is 0. The fraction of sp³-hybridized carbons (Fsp3) is 0.333. The van der Waals surface area contributed by atoms with Crippen molar-refractivity contribution in [2.45, 2.75) is 27.7 Å². The van der Waals surface area contributed by atoms with Crippen molar-refractivity contribution in [3.63, 3.8) is 0 Å². The summed E-state index contributed by atoms with van der Waals surface area (Å²) >= 11 is 5.94. The first kappa shape index (κ1) is 10.3. The number of hydrogen-bond donors (Lipinski definition) is 0. The lowest BCUT2D eigenvalue weighted by molar-refractivity contribution is 1.33. The van der Waals surface area contributed by atoms with Gasteiger partial charge in [0.25, 0.3) is 0 Å². The van der Waals surface area contributed by atoms with Crippen LogP contribution in [0.2, 0.25) is 5.02 Å². The van der Waals surface area contributed by atoms with Gasteiger partial charge in [0.2, 0.25) is 0 Å². The molecule has 1 rings (SSSR count). The quantitative estimate of drug-likeness (QED) is 0.619. The Hall–Kier alpha value is -0.750. The zero-order chi connectivity index (χ0) is 10.0. The fourth-order valence-electron chi connectivity index (χ4n) is 1.27. The number of aryl methyl sites for hydroxylation is 1. The molecule has 0 aliphatic rings. The number of hydrogen-bond acceptors (Lipinski definition) is 0. The summed E-state index contributed by atoms with van der Waals surface area (Å²) in [4.78, 5) is 0. The standard InChI is InChI=1S/C12H15Cl/c1-8(2)10(4)12-7-11(13)6-5-9(12)3/h5-7H,1-4H3. The molecular weight excluding hydrogens is 180 g/mol. The van der Waals surface area contributed by atoms with E-state index in [2.05, 4.69) is 33.8 Å². The molecule has 70 valence electrons. The Morgan fingerprint density at radius 2 is 1.77 bits per heavy atom. The Bertz CT molecular complexity index is 344. The van der Waals surface area contributed by atoms with E-state index in [9.17, 15) is 0 Å². The Morgan fingerprint density at radius 3 is 2.31 bits per heavy atom. The Balaban J connectivity index is 3.29. The minimum Gasteiger partial charge on any atom is -0.0843 e. The molecule has 0 atom stereocenters. The molecule has 0 aliphatic carbocycles. The molecule has 1 heteroatoms. The summed E-state index contributed by atoms with van der Waals surface area (Å²) < 4.78 is 0. The van der Waals surface area contributed by atoms with Crippen molar-refractivity contribution in [2.24, 2.45) is 0 Å². The Labute approximate surface area is 85.2 Å². The molecule has 0 aliphatic heterocycles. The molecule has 0 fully saturated rings. The summed E-state index contributed by atoms with van der Waals surface area (Å²) in [5.41, 5.74) is 5.20. The average molecular weight is 195 g/mol. The molecule has 0 amide bonds. The van der Waals surface area contributed by atoms with E-state index in [1.54, 1.807) is 0 Å². The highest BCUT2D eigenvalue weighted by Gasteiger charge is 2.02. The van der Waals surface area contributed by atoms with Crippen LogP contribution in [-0.4, -0.2) is 0 Å². The molecule has 1 aromatic carbocycles. The van der Waals surface area contributed by atoms with Gasteiger partial charge in [0.15, 0.2) is 0 Å². The van der Waals surface area contributed by atoms with Crippen molar-refractivity contribution < 1.29 is 0 Å². The van der Waals surface area contributed by atoms with Gasteiger partial charge in [-0.05, 0) is 56.5 Å². The van der Waals surface area contributed by atoms with Gasteiger partial charge < -0.3 is 0 Å². The van der Waals surface area contributed by atoms with Crippen LogP contribution in [0.1, 0.15) is 31.9 Å². The van der Waals surface area contributed by atoms with Gasteiger partial charge in [-0.3, -0.25) is 0 Å². The van der Waals surface area contributed by atoms with E-state index >= 15 is 0 Å². The number of benzene rings is 1. The second-order valence-electron chi connectivity index (χ2n) is 3.58. The predicted octanol–water partition coefficient (Wildman–Crippen LogP) is 4.46. The third-order valence-electron chi connectivity index (χ3n) is 2.35. The summed E-state index contributed by atoms with van der Waals surface area (Å²) in [5.74, 6) is 0. The summed E-state index contributed by atoms with van der Waals surface area (Å²) in [6, 6.07) is 6.02. The molecule has 0 nitrogen and oxygen atoms in total. The zero-order valence-corrected chi connectivity index (χ0v) is 9.37. The van der Waals surface area contributed by atoms with Gasteiger partial charge in [-0.2, -0.15) is 0 Å². The number of allylic oxidation sites excluding steroid dienone is 2. The molecule has 0 N–H and O–H groups in total. The average Bonchev–Trinajstić information content (AvgIpc) is 2.08. The van der Waals surface area contributed by atoms with Crippen LogP contribution in [0, 0.1) is 6.92 Å². The zero-order valence-electron chi connectivity index (χ0n) is 8.61. The minimum atomic E-state index is 0.807. The molecule has 0 radical (unpaired) electrons. The van der Waals surface area contributed by atoms with Crippen molar-refractivity contribution >= 4 is 17.2 Å². The number of halogens is 1. The van der Waals surface area contributed by atoms with E-state index in [4.69, 9.17) is 11.6 Å². The fourth-order valence-corrected chi connectivity index (χ4v) is 1.44. The smallest absolute Gasteiger partial charge is 0.0412 e. The third kappa shape index (κ3) is 2.35. The van der Waals surface area contributed by atoms with Crippen LogP contribution in [0.4, 0.5) is 0 Å². The monoisotopic (exact) mass is 194 g/mol. The highest BCUT2D eigenvalue weighted by atomic mass is 35.5. The van der Waals surface area contributed by atoms with Crippen LogP contribution in [0.3, 0.4) is 0 Å². The number of rotatable bonds is 1. The normalized spacial score (nSPS) is 9.92. The first-order valence-corrected chi connectivity index (χ1v) is 4.80. The molecule has 0 saturated carbocycles. The van der Waals surface area contributed by atoms with Crippen LogP contribution in [-0.2, 0) is 0 Å². The Kier molecular flexibility index (Phi) is 3.16. The van der Waals surface area contributed by atoms with E-state index in [1.165, 1.54) is 22.3 Å². The second-order valence-corrected chi connectivity index (χ2v) is 4.02. The molecule has 0 heterocycles. The van der Waals surface area contributed by atoms with Crippen molar-refractivity contribution in [1.82, 2.24) is 0 Å². The van der Waals surface area contributed by atoms with E-state index in [0.29, 0.717) is 0 Å². The van der Waals surface area contributed by atoms with Gasteiger partial charge in [-0.25, -0.2) is 0 Å². The maximum atomic E-state index is 5.94. The van der Waals surface area contributed by atoms with E-state index in [1.807, 2.05) is 12.1 Å². The first-order valence-electron chi connectivity index (χ1n) is 4.43. The van der Waals surface area contributed by atoms with Gasteiger partial charge in [0.05, 0.1) is 0 Å². The van der Waals surface area contributed by atoms with Gasteiger partial charge in [0.1, 0.15) is 0 Å². The molecule has 0 spiro atoms. The van der Waals surface area contributed by atoms with Gasteiger partial charge >= 0.3 is 0 Å². The molecule has 13 heavy (non-hydrogen) atoms. The molecule has 1 aromatic rings. The van der Waals surface area contributed by atoms with Crippen LogP contribution in [0.15, 0.2) is 23.8 Å². The SMILES string of the molecule is CC(C)=C(C)c1cc(Cl)ccc1C. The molecule has 0 saturated heterocycles. The van der Waals surface area contributed by atoms with Gasteiger partial charge in [-0.1, -0.05) is 23.2 Å². The Morgan fingerprint density at radius 1 is 1.15 bits per heavy atom. The summed E-state index contributed by atoms with van der Waals surface area (Å²) in [5, 5.41) is 0.807. The van der Waals surface area contributed by atoms with Crippen LogP contribution >= 0.6 is 11.6 Å². The van der Waals surface area contributed by atoms with Gasteiger partial charge in [0, 0.05) is 5.02 Å². The molecule has 0 unspecified atom stereocenters. The maximum Gasteiger partial charge on any atom is 0.0412 e. The van der Waals surface area contributed by atoms with E-state index in [0.717, 1.165) is 5.02 Å².